The molecule has 0 radical (unpaired) electrons. The predicted molar refractivity (Wildman–Crippen MR) is 80.9 cm³/mol. The van der Waals surface area contributed by atoms with Gasteiger partial charge in [0.15, 0.2) is 0 Å². The van der Waals surface area contributed by atoms with Crippen LogP contribution in [-0.4, -0.2) is 50.0 Å². The van der Waals surface area contributed by atoms with Gasteiger partial charge in [0.1, 0.15) is 12.6 Å². The fourth-order valence-electron chi connectivity index (χ4n) is 0.939. The van der Waals surface area contributed by atoms with Gasteiger partial charge in [0.25, 0.3) is 0 Å². The third kappa shape index (κ3) is 13.2. The van der Waals surface area contributed by atoms with E-state index in [1.165, 1.54) is 0 Å². The predicted octanol–water partition coefficient (Wildman–Crippen LogP) is 0.745. The first-order valence-corrected chi connectivity index (χ1v) is 5.29. The number of quaternary nitrogens is 1. The van der Waals surface area contributed by atoms with Gasteiger partial charge in [-0.05, 0) is 12.1 Å². The number of halogens is 1. The van der Waals surface area contributed by atoms with Crippen molar-refractivity contribution >= 4 is 35.8 Å². The van der Waals surface area contributed by atoms with Gasteiger partial charge in [0.05, 0.1) is 27.7 Å². The second-order valence-corrected chi connectivity index (χ2v) is 4.52. The third-order valence-electron chi connectivity index (χ3n) is 1.79. The van der Waals surface area contributed by atoms with Crippen LogP contribution in [0.15, 0.2) is 30.3 Å². The number of aliphatic hydroxyl groups is 1. The number of nitrogens with one attached hydrogen (secondary N) is 1. The Morgan fingerprint density at radius 1 is 1.28 bits per heavy atom. The first kappa shape index (κ1) is 19.5. The Bertz CT molecular complexity index is 326. The Balaban J connectivity index is 0. The molecule has 2 N–H and O–H groups in total. The molecule has 18 heavy (non-hydrogen) atoms. The standard InChI is InChI=1S/C7H7NO2.C5H14NO.HI/c9-7(10)8-6-4-2-1-3-5-6;1-6(2,3)4-5-7;/h1-5,8H,(H,9,10);7H,4-5H2,1-3H3;1H/q;+1;/p-1. The molecule has 0 unspecified atom stereocenters. The minimum absolute atomic E-state index is 0. The zero-order valence-electron chi connectivity index (χ0n) is 10.9. The highest BCUT2D eigenvalue weighted by molar-refractivity contribution is 14.0. The van der Waals surface area contributed by atoms with Crippen LogP contribution >= 0.6 is 24.0 Å². The molecule has 6 heteroatoms. The fraction of sp³-hybridized carbons (Fsp3) is 0.417. The molecule has 0 aliphatic heterocycles. The number of likely N-dealkylation sites (N-methyl/N-ethyl adjacent to an activating group) is 1. The van der Waals surface area contributed by atoms with E-state index in [4.69, 9.17) is 5.11 Å². The highest BCUT2D eigenvalue weighted by Crippen LogP contribution is 2.02. The zero-order valence-corrected chi connectivity index (χ0v) is 13.3. The molecule has 0 aliphatic carbocycles. The molecule has 0 aromatic heterocycles. The Morgan fingerprint density at radius 2 is 1.78 bits per heavy atom. The highest BCUT2D eigenvalue weighted by Gasteiger charge is 2.02. The van der Waals surface area contributed by atoms with E-state index in [1.54, 1.807) is 30.3 Å². The number of amides is 1. The van der Waals surface area contributed by atoms with Gasteiger partial charge in [0.2, 0.25) is 0 Å². The molecule has 0 aliphatic rings. The minimum Gasteiger partial charge on any atom is -0.530 e. The van der Waals surface area contributed by atoms with Crippen molar-refractivity contribution in [3.8, 4) is 0 Å². The summed E-state index contributed by atoms with van der Waals surface area (Å²) in [6, 6.07) is 8.59. The van der Waals surface area contributed by atoms with Crippen LogP contribution in [0.5, 0.6) is 0 Å². The summed E-state index contributed by atoms with van der Waals surface area (Å²) < 4.78 is 0.844. The number of carbonyl (C=O) groups excluding carboxylic acids is 1. The van der Waals surface area contributed by atoms with Crippen LogP contribution in [0.4, 0.5) is 10.5 Å². The summed E-state index contributed by atoms with van der Waals surface area (Å²) in [6.07, 6.45) is -1.29. The van der Waals surface area contributed by atoms with Crippen LogP contribution in [0.2, 0.25) is 0 Å². The van der Waals surface area contributed by atoms with E-state index in [0.29, 0.717) is 5.69 Å². The number of carbonyl (C=O) groups is 1. The lowest BCUT2D eigenvalue weighted by atomic mass is 10.3. The SMILES string of the molecule is C[N+](C)(C)CCO.I.O=C([O-])Nc1ccccc1. The molecule has 0 fully saturated rings. The summed E-state index contributed by atoms with van der Waals surface area (Å²) in [5, 5.41) is 20.4. The molecule has 0 heterocycles. The first-order valence-electron chi connectivity index (χ1n) is 5.29. The number of aliphatic hydroxyl groups excluding tert-OH is 1. The first-order chi connectivity index (χ1) is 7.85. The average Bonchev–Trinajstić information content (AvgIpc) is 2.17. The van der Waals surface area contributed by atoms with Crippen LogP contribution in [0, 0.1) is 0 Å². The summed E-state index contributed by atoms with van der Waals surface area (Å²) in [6.45, 7) is 1.11. The van der Waals surface area contributed by atoms with Crippen molar-refractivity contribution < 1.29 is 19.5 Å². The molecule has 1 amide bonds. The van der Waals surface area contributed by atoms with E-state index in [0.717, 1.165) is 11.0 Å². The number of benzene rings is 1. The number of hydrogen-bond acceptors (Lipinski definition) is 3. The highest BCUT2D eigenvalue weighted by atomic mass is 127. The molecular formula is C12H21IN2O3. The molecule has 0 atom stereocenters. The summed E-state index contributed by atoms with van der Waals surface area (Å²) in [7, 11) is 6.16. The molecule has 0 bridgehead atoms. The summed E-state index contributed by atoms with van der Waals surface area (Å²) >= 11 is 0. The van der Waals surface area contributed by atoms with Gasteiger partial charge in [-0.1, -0.05) is 18.2 Å². The van der Waals surface area contributed by atoms with Crippen LogP contribution in [-0.2, 0) is 0 Å². The monoisotopic (exact) mass is 368 g/mol. The maximum absolute atomic E-state index is 9.95. The van der Waals surface area contributed by atoms with Gasteiger partial charge >= 0.3 is 0 Å². The zero-order chi connectivity index (χ0) is 13.3. The normalized spacial score (nSPS) is 9.56. The fourth-order valence-corrected chi connectivity index (χ4v) is 0.939. The number of carboxylic acid groups (broad SMARTS) is 1. The molecule has 1 rings (SSSR count). The molecule has 104 valence electrons. The smallest absolute Gasteiger partial charge is 0.138 e. The molecule has 0 saturated carbocycles. The van der Waals surface area contributed by atoms with Gasteiger partial charge in [-0.2, -0.15) is 0 Å². The van der Waals surface area contributed by atoms with Crippen molar-refractivity contribution in [2.75, 3.05) is 39.6 Å². The van der Waals surface area contributed by atoms with Crippen molar-refractivity contribution in [1.29, 1.82) is 0 Å². The van der Waals surface area contributed by atoms with Crippen LogP contribution in [0.25, 0.3) is 0 Å². The van der Waals surface area contributed by atoms with Crippen LogP contribution in [0.1, 0.15) is 0 Å². The Labute approximate surface area is 125 Å². The number of hydrogen-bond donors (Lipinski definition) is 2. The number of anilines is 1. The van der Waals surface area contributed by atoms with E-state index in [-0.39, 0.29) is 30.6 Å². The maximum Gasteiger partial charge on any atom is 0.138 e. The van der Waals surface area contributed by atoms with Gasteiger partial charge in [-0.15, -0.1) is 24.0 Å². The third-order valence-corrected chi connectivity index (χ3v) is 1.79. The second kappa shape index (κ2) is 10.1. The summed E-state index contributed by atoms with van der Waals surface area (Å²) in [5.74, 6) is 0. The van der Waals surface area contributed by atoms with Crippen molar-refractivity contribution in [3.05, 3.63) is 30.3 Å². The largest absolute Gasteiger partial charge is 0.530 e. The minimum atomic E-state index is -1.29. The maximum atomic E-state index is 9.95. The Hall–Kier alpha value is -0.860. The lowest BCUT2D eigenvalue weighted by molar-refractivity contribution is -0.870. The molecule has 1 aromatic carbocycles. The van der Waals surface area contributed by atoms with Crippen LogP contribution < -0.4 is 10.4 Å². The van der Waals surface area contributed by atoms with Gasteiger partial charge in [-0.3, -0.25) is 0 Å². The number of para-hydroxylation sites is 1. The lowest BCUT2D eigenvalue weighted by Crippen LogP contribution is -2.36. The summed E-state index contributed by atoms with van der Waals surface area (Å²) in [5.41, 5.74) is 0.530. The number of rotatable bonds is 3. The molecule has 0 spiro atoms. The molecule has 1 aromatic rings. The Kier molecular flexibility index (Phi) is 10.9. The van der Waals surface area contributed by atoms with Crippen molar-refractivity contribution in [3.63, 3.8) is 0 Å². The topological polar surface area (TPSA) is 72.4 Å². The van der Waals surface area contributed by atoms with E-state index >= 15 is 0 Å². The average molecular weight is 368 g/mol. The van der Waals surface area contributed by atoms with E-state index < -0.39 is 6.09 Å². The molecular weight excluding hydrogens is 347 g/mol. The van der Waals surface area contributed by atoms with Crippen molar-refractivity contribution in [2.45, 2.75) is 0 Å². The lowest BCUT2D eigenvalue weighted by Gasteiger charge is -2.21. The van der Waals surface area contributed by atoms with Crippen molar-refractivity contribution in [2.24, 2.45) is 0 Å². The van der Waals surface area contributed by atoms with E-state index in [1.807, 2.05) is 0 Å². The Morgan fingerprint density at radius 3 is 2.06 bits per heavy atom. The van der Waals surface area contributed by atoms with Gasteiger partial charge in [-0.25, -0.2) is 0 Å². The van der Waals surface area contributed by atoms with Gasteiger partial charge in [0, 0.05) is 5.69 Å². The van der Waals surface area contributed by atoms with Crippen LogP contribution in [0.3, 0.4) is 0 Å². The van der Waals surface area contributed by atoms with E-state index in [2.05, 4.69) is 26.5 Å². The second-order valence-electron chi connectivity index (χ2n) is 4.52. The van der Waals surface area contributed by atoms with Crippen molar-refractivity contribution in [1.82, 2.24) is 0 Å². The number of nitrogens with zero attached hydrogens (tertiary/aromatic N) is 1. The summed E-state index contributed by atoms with van der Waals surface area (Å²) in [4.78, 5) is 9.95. The van der Waals surface area contributed by atoms with Gasteiger partial charge < -0.3 is 24.8 Å². The molecule has 0 saturated heterocycles. The quantitative estimate of drug-likeness (QED) is 0.611. The van der Waals surface area contributed by atoms with E-state index in [9.17, 15) is 9.90 Å². The molecule has 5 nitrogen and oxygen atoms in total.